The summed E-state index contributed by atoms with van der Waals surface area (Å²) in [5.41, 5.74) is 0.977. The zero-order valence-corrected chi connectivity index (χ0v) is 13.7. The van der Waals surface area contributed by atoms with Crippen LogP contribution in [0.1, 0.15) is 49.0 Å². The number of nitrogens with zero attached hydrogens (tertiary/aromatic N) is 2. The van der Waals surface area contributed by atoms with E-state index in [4.69, 9.17) is 0 Å². The third-order valence-electron chi connectivity index (χ3n) is 3.47. The fourth-order valence-electron chi connectivity index (χ4n) is 2.27. The second-order valence-electron chi connectivity index (χ2n) is 5.88. The number of amides is 1. The summed E-state index contributed by atoms with van der Waals surface area (Å²) in [6, 6.07) is 2.17. The summed E-state index contributed by atoms with van der Waals surface area (Å²) in [6.45, 7) is 8.45. The van der Waals surface area contributed by atoms with Crippen LogP contribution in [-0.4, -0.2) is 21.7 Å². The number of hydrogen-bond donors (Lipinski definition) is 1. The molecule has 2 aromatic heterocycles. The van der Waals surface area contributed by atoms with E-state index in [0.29, 0.717) is 5.92 Å². The maximum atomic E-state index is 12.3. The van der Waals surface area contributed by atoms with Crippen molar-refractivity contribution in [2.24, 2.45) is 13.0 Å². The van der Waals surface area contributed by atoms with Gasteiger partial charge >= 0.3 is 0 Å². The molecule has 4 nitrogen and oxygen atoms in total. The van der Waals surface area contributed by atoms with Crippen LogP contribution in [0, 0.1) is 12.8 Å². The quantitative estimate of drug-likeness (QED) is 0.917. The highest BCUT2D eigenvalue weighted by Gasteiger charge is 2.16. The minimum Gasteiger partial charge on any atom is -0.349 e. The van der Waals surface area contributed by atoms with Crippen molar-refractivity contribution in [1.82, 2.24) is 15.1 Å². The number of aromatic nitrogens is 2. The normalized spacial score (nSPS) is 13.1. The first-order valence-electron chi connectivity index (χ1n) is 7.12. The van der Waals surface area contributed by atoms with E-state index in [1.54, 1.807) is 0 Å². The van der Waals surface area contributed by atoms with E-state index in [2.05, 4.69) is 31.2 Å². The molecule has 0 bridgehead atoms. The molecule has 110 valence electrons. The minimum atomic E-state index is 0.0295. The van der Waals surface area contributed by atoms with Crippen molar-refractivity contribution in [3.05, 3.63) is 16.6 Å². The van der Waals surface area contributed by atoms with Crippen LogP contribution < -0.4 is 5.32 Å². The van der Waals surface area contributed by atoms with Crippen LogP contribution in [0.3, 0.4) is 0 Å². The number of nitrogens with one attached hydrogen (secondary N) is 1. The van der Waals surface area contributed by atoms with Gasteiger partial charge in [-0.2, -0.15) is 5.10 Å². The maximum Gasteiger partial charge on any atom is 0.261 e. The maximum absolute atomic E-state index is 12.3. The lowest BCUT2D eigenvalue weighted by Crippen LogP contribution is -2.32. The summed E-state index contributed by atoms with van der Waals surface area (Å²) in [5.74, 6) is 0.703. The van der Waals surface area contributed by atoms with Gasteiger partial charge in [-0.1, -0.05) is 13.8 Å². The first-order valence-corrected chi connectivity index (χ1v) is 7.94. The van der Waals surface area contributed by atoms with E-state index in [1.165, 1.54) is 11.3 Å². The Kier molecular flexibility index (Phi) is 4.48. The Hall–Kier alpha value is -1.36. The Labute approximate surface area is 124 Å². The van der Waals surface area contributed by atoms with E-state index in [9.17, 15) is 4.79 Å². The molecule has 1 atom stereocenters. The number of thiophene rings is 1. The van der Waals surface area contributed by atoms with Crippen molar-refractivity contribution in [2.45, 2.75) is 46.6 Å². The molecule has 2 aromatic rings. The molecule has 1 unspecified atom stereocenters. The predicted octanol–water partition coefficient (Wildman–Crippen LogP) is 3.50. The molecular formula is C15H23N3OS. The van der Waals surface area contributed by atoms with Gasteiger partial charge in [0.05, 0.1) is 10.6 Å². The molecule has 0 radical (unpaired) electrons. The van der Waals surface area contributed by atoms with Gasteiger partial charge in [-0.05, 0) is 38.7 Å². The van der Waals surface area contributed by atoms with Gasteiger partial charge in [-0.25, -0.2) is 0 Å². The summed E-state index contributed by atoms with van der Waals surface area (Å²) in [7, 11) is 1.92. The smallest absolute Gasteiger partial charge is 0.261 e. The molecule has 0 fully saturated rings. The average molecular weight is 293 g/mol. The van der Waals surface area contributed by atoms with E-state index in [0.717, 1.165) is 33.6 Å². The number of carbonyl (C=O) groups excluding carboxylic acids is 1. The zero-order chi connectivity index (χ0) is 14.9. The van der Waals surface area contributed by atoms with Crippen LogP contribution in [0.5, 0.6) is 0 Å². The number of hydrogen-bond acceptors (Lipinski definition) is 3. The number of fused-ring (bicyclic) bond motifs is 1. The van der Waals surface area contributed by atoms with Crippen LogP contribution in [0.4, 0.5) is 0 Å². The van der Waals surface area contributed by atoms with Gasteiger partial charge < -0.3 is 5.32 Å². The van der Waals surface area contributed by atoms with Crippen molar-refractivity contribution in [3.63, 3.8) is 0 Å². The molecule has 5 heteroatoms. The van der Waals surface area contributed by atoms with E-state index < -0.39 is 0 Å². The van der Waals surface area contributed by atoms with Crippen molar-refractivity contribution in [2.75, 3.05) is 0 Å². The first-order chi connectivity index (χ1) is 9.38. The standard InChI is InChI=1S/C15H23N3OS/c1-9(2)6-7-10(3)16-14(19)13-8-12-11(4)17-18(5)15(12)20-13/h8-10H,6-7H2,1-5H3,(H,16,19). The predicted molar refractivity (Wildman–Crippen MR) is 84.3 cm³/mol. The monoisotopic (exact) mass is 293 g/mol. The third-order valence-corrected chi connectivity index (χ3v) is 4.68. The minimum absolute atomic E-state index is 0.0295. The van der Waals surface area contributed by atoms with E-state index in [1.807, 2.05) is 24.7 Å². The molecule has 20 heavy (non-hydrogen) atoms. The molecule has 1 amide bonds. The molecule has 0 aliphatic rings. The number of aryl methyl sites for hydroxylation is 2. The van der Waals surface area contributed by atoms with Gasteiger partial charge in [0.25, 0.3) is 5.91 Å². The fraction of sp³-hybridized carbons (Fsp3) is 0.600. The summed E-state index contributed by atoms with van der Waals surface area (Å²) in [5, 5.41) is 8.52. The van der Waals surface area contributed by atoms with E-state index >= 15 is 0 Å². The van der Waals surface area contributed by atoms with Crippen LogP contribution in [-0.2, 0) is 7.05 Å². The first kappa shape index (κ1) is 15.0. The molecule has 1 N–H and O–H groups in total. The molecule has 0 saturated heterocycles. The average Bonchev–Trinajstić information content (AvgIpc) is 2.90. The van der Waals surface area contributed by atoms with Crippen LogP contribution in [0.15, 0.2) is 6.07 Å². The summed E-state index contributed by atoms with van der Waals surface area (Å²) < 4.78 is 1.84. The van der Waals surface area contributed by atoms with Gasteiger partial charge in [-0.15, -0.1) is 11.3 Å². The fourth-order valence-corrected chi connectivity index (χ4v) is 3.29. The van der Waals surface area contributed by atoms with Gasteiger partial charge in [-0.3, -0.25) is 9.48 Å². The largest absolute Gasteiger partial charge is 0.349 e. The lowest BCUT2D eigenvalue weighted by molar-refractivity contribution is 0.0941. The van der Waals surface area contributed by atoms with Crippen molar-refractivity contribution < 1.29 is 4.79 Å². The van der Waals surface area contributed by atoms with Gasteiger partial charge in [0, 0.05) is 18.5 Å². The van der Waals surface area contributed by atoms with Crippen LogP contribution in [0.2, 0.25) is 0 Å². The molecule has 0 aliphatic heterocycles. The highest BCUT2D eigenvalue weighted by molar-refractivity contribution is 7.20. The Morgan fingerprint density at radius 3 is 2.70 bits per heavy atom. The molecule has 2 rings (SSSR count). The molecule has 2 heterocycles. The Bertz CT molecular complexity index is 577. The Morgan fingerprint density at radius 1 is 1.40 bits per heavy atom. The van der Waals surface area contributed by atoms with Crippen molar-refractivity contribution in [3.8, 4) is 0 Å². The second kappa shape index (κ2) is 5.95. The molecular weight excluding hydrogens is 270 g/mol. The van der Waals surface area contributed by atoms with Crippen molar-refractivity contribution in [1.29, 1.82) is 0 Å². The van der Waals surface area contributed by atoms with E-state index in [-0.39, 0.29) is 11.9 Å². The highest BCUT2D eigenvalue weighted by atomic mass is 32.1. The van der Waals surface area contributed by atoms with Crippen LogP contribution >= 0.6 is 11.3 Å². The summed E-state index contributed by atoms with van der Waals surface area (Å²) in [4.78, 5) is 14.1. The highest BCUT2D eigenvalue weighted by Crippen LogP contribution is 2.27. The third kappa shape index (κ3) is 3.20. The number of carbonyl (C=O) groups is 1. The molecule has 0 spiro atoms. The topological polar surface area (TPSA) is 46.9 Å². The lowest BCUT2D eigenvalue weighted by Gasteiger charge is -2.14. The Balaban J connectivity index is 2.06. The molecule has 0 aromatic carbocycles. The number of rotatable bonds is 5. The lowest BCUT2D eigenvalue weighted by atomic mass is 10.0. The summed E-state index contributed by atoms with van der Waals surface area (Å²) >= 11 is 1.51. The zero-order valence-electron chi connectivity index (χ0n) is 12.9. The molecule has 0 saturated carbocycles. The van der Waals surface area contributed by atoms with Gasteiger partial charge in [0.15, 0.2) is 0 Å². The van der Waals surface area contributed by atoms with Crippen molar-refractivity contribution >= 4 is 27.5 Å². The SMILES string of the molecule is Cc1nn(C)c2sc(C(=O)NC(C)CCC(C)C)cc12. The Morgan fingerprint density at radius 2 is 2.10 bits per heavy atom. The molecule has 0 aliphatic carbocycles. The van der Waals surface area contributed by atoms with Gasteiger partial charge in [0.1, 0.15) is 4.83 Å². The van der Waals surface area contributed by atoms with Gasteiger partial charge in [0.2, 0.25) is 0 Å². The van der Waals surface area contributed by atoms with Crippen LogP contribution in [0.25, 0.3) is 10.2 Å². The second-order valence-corrected chi connectivity index (χ2v) is 6.91. The summed E-state index contributed by atoms with van der Waals surface area (Å²) in [6.07, 6.45) is 2.16.